The van der Waals surface area contributed by atoms with Gasteiger partial charge in [0.05, 0.1) is 17.7 Å². The predicted octanol–water partition coefficient (Wildman–Crippen LogP) is 11.4. The Hall–Kier alpha value is -3.67. The number of carbonyl (C=O) groups is 6. The standard InChI is InChI=1S/2C13H14BrNO2.C11H10BrO.C11H11BrO/c1-8(16)15-12-7-3-4-9-10(13(12)17)5-2-6-11(9)14;1-8(16)15-12-4-2-3-9-5-6-10(14)7-11(9)13(12)17;12-10-6-3-5-9-8(10)4-1-2-7-11(9)13;12-9-6-5-8-3-1-2-4-11(13)10(8)7-9/h2,5-6,12H,3-4,7H2,1H3,(H,15,16);5-7,12H,2-4H2,1H3,(H,15,16);5-6H,1-2,4,7H2;5-7H,1-4H2/q;;+1;. The second kappa shape index (κ2) is 23.0. The minimum absolute atomic E-state index is 0.0222. The van der Waals surface area contributed by atoms with E-state index in [4.69, 9.17) is 0 Å². The predicted molar refractivity (Wildman–Crippen MR) is 249 cm³/mol. The molecule has 2 N–H and O–H groups in total. The van der Waals surface area contributed by atoms with Gasteiger partial charge in [-0.05, 0) is 124 Å². The maximum atomic E-state index is 12.3. The molecule has 0 aromatic heterocycles. The molecule has 0 aliphatic heterocycles. The lowest BCUT2D eigenvalue weighted by molar-refractivity contribution is -0.120. The third-order valence-electron chi connectivity index (χ3n) is 10.9. The SMILES string of the molecule is CC(=O)NC1CCCc2c(Br)cccc2C1=O.CC(=O)NC1CCCc2ccc(Br)cc2C1=O.O=C1CCCCC2=C1C=[C+]C=C2Br.O=C1CCCCc2ccc(Br)cc21. The molecule has 5 aliphatic carbocycles. The molecule has 0 radical (unpaired) electrons. The zero-order valence-corrected chi connectivity index (χ0v) is 40.2. The van der Waals surface area contributed by atoms with Crippen LogP contribution in [-0.4, -0.2) is 47.0 Å². The quantitative estimate of drug-likeness (QED) is 0.194. The van der Waals surface area contributed by atoms with Gasteiger partial charge in [0, 0.05) is 78.8 Å². The summed E-state index contributed by atoms with van der Waals surface area (Å²) in [5.41, 5.74) is 7.77. The fourth-order valence-corrected chi connectivity index (χ4v) is 9.74. The van der Waals surface area contributed by atoms with Gasteiger partial charge in [0.1, 0.15) is 22.2 Å². The van der Waals surface area contributed by atoms with Crippen LogP contribution in [0, 0.1) is 6.08 Å². The lowest BCUT2D eigenvalue weighted by atomic mass is 9.98. The van der Waals surface area contributed by atoms with Crippen LogP contribution >= 0.6 is 63.7 Å². The summed E-state index contributed by atoms with van der Waals surface area (Å²) in [6, 6.07) is 16.7. The third kappa shape index (κ3) is 13.2. The van der Waals surface area contributed by atoms with Crippen molar-refractivity contribution in [1.82, 2.24) is 10.6 Å². The number of hydrogen-bond acceptors (Lipinski definition) is 6. The van der Waals surface area contributed by atoms with Crippen molar-refractivity contribution in [1.29, 1.82) is 0 Å². The molecule has 2 amide bonds. The number of Topliss-reactive ketones (excluding diaryl/α,β-unsaturated/α-hetero) is 4. The van der Waals surface area contributed by atoms with E-state index in [2.05, 4.69) is 86.5 Å². The van der Waals surface area contributed by atoms with Crippen LogP contribution in [-0.2, 0) is 33.6 Å². The molecule has 2 atom stereocenters. The number of halogens is 4. The number of carbonyl (C=O) groups excluding carboxylic acids is 6. The molecule has 3 aromatic rings. The second-order valence-corrected chi connectivity index (χ2v) is 18.9. The highest BCUT2D eigenvalue weighted by Crippen LogP contribution is 2.33. The van der Waals surface area contributed by atoms with Crippen molar-refractivity contribution in [2.45, 2.75) is 116 Å². The molecular formula is C48H49Br4N2O6+. The maximum Gasteiger partial charge on any atom is 0.218 e. The van der Waals surface area contributed by atoms with Crippen molar-refractivity contribution in [2.24, 2.45) is 0 Å². The molecule has 0 saturated carbocycles. The number of rotatable bonds is 2. The lowest BCUT2D eigenvalue weighted by Crippen LogP contribution is -2.39. The summed E-state index contributed by atoms with van der Waals surface area (Å²) in [6.07, 6.45) is 19.5. The number of ketones is 4. The molecule has 314 valence electrons. The molecule has 0 heterocycles. The molecule has 0 fully saturated rings. The first-order valence-corrected chi connectivity index (χ1v) is 23.6. The van der Waals surface area contributed by atoms with Gasteiger partial charge in [0.25, 0.3) is 0 Å². The molecule has 2 unspecified atom stereocenters. The molecule has 0 saturated heterocycles. The van der Waals surface area contributed by atoms with Gasteiger partial charge >= 0.3 is 0 Å². The Balaban J connectivity index is 0.000000153. The van der Waals surface area contributed by atoms with Crippen LogP contribution < -0.4 is 10.6 Å². The van der Waals surface area contributed by atoms with Crippen LogP contribution in [0.15, 0.2) is 95.8 Å². The second-order valence-electron chi connectivity index (χ2n) is 15.3. The summed E-state index contributed by atoms with van der Waals surface area (Å²) >= 11 is 13.7. The largest absolute Gasteiger partial charge is 0.346 e. The fourth-order valence-electron chi connectivity index (χ4n) is 7.91. The van der Waals surface area contributed by atoms with Crippen molar-refractivity contribution >= 4 is 98.7 Å². The van der Waals surface area contributed by atoms with Crippen molar-refractivity contribution < 1.29 is 28.8 Å². The minimum atomic E-state index is -0.372. The monoisotopic (exact) mass is 1070 g/mol. The molecule has 0 bridgehead atoms. The van der Waals surface area contributed by atoms with Gasteiger partial charge in [-0.2, -0.15) is 0 Å². The number of hydrogen-bond donors (Lipinski definition) is 2. The Morgan fingerprint density at radius 2 is 1.13 bits per heavy atom. The first-order valence-electron chi connectivity index (χ1n) is 20.4. The number of allylic oxidation sites excluding steroid dienone is 6. The van der Waals surface area contributed by atoms with Crippen LogP contribution in [0.2, 0.25) is 0 Å². The number of nitrogens with one attached hydrogen (secondary N) is 2. The van der Waals surface area contributed by atoms with Gasteiger partial charge in [-0.15, -0.1) is 0 Å². The molecule has 8 nitrogen and oxygen atoms in total. The third-order valence-corrected chi connectivity index (χ3v) is 13.3. The normalized spacial score (nSPS) is 19.3. The Morgan fingerprint density at radius 3 is 1.78 bits per heavy atom. The summed E-state index contributed by atoms with van der Waals surface area (Å²) in [5.74, 6) is 0.311. The van der Waals surface area contributed by atoms with Crippen molar-refractivity contribution in [2.75, 3.05) is 0 Å². The summed E-state index contributed by atoms with van der Waals surface area (Å²) in [6.45, 7) is 2.89. The van der Waals surface area contributed by atoms with Gasteiger partial charge in [-0.25, -0.2) is 0 Å². The van der Waals surface area contributed by atoms with Gasteiger partial charge in [-0.1, -0.05) is 72.1 Å². The molecule has 60 heavy (non-hydrogen) atoms. The van der Waals surface area contributed by atoms with E-state index in [1.807, 2.05) is 60.7 Å². The zero-order chi connectivity index (χ0) is 43.3. The van der Waals surface area contributed by atoms with Crippen LogP contribution in [0.3, 0.4) is 0 Å². The van der Waals surface area contributed by atoms with E-state index in [-0.39, 0.29) is 41.2 Å². The average Bonchev–Trinajstić information content (AvgIpc) is 3.65. The van der Waals surface area contributed by atoms with Gasteiger partial charge in [0.2, 0.25) is 17.6 Å². The van der Waals surface area contributed by atoms with Crippen molar-refractivity contribution in [3.63, 3.8) is 0 Å². The Morgan fingerprint density at radius 1 is 0.600 bits per heavy atom. The van der Waals surface area contributed by atoms with E-state index < -0.39 is 0 Å². The summed E-state index contributed by atoms with van der Waals surface area (Å²) in [4.78, 5) is 70.0. The van der Waals surface area contributed by atoms with E-state index in [0.717, 1.165) is 115 Å². The van der Waals surface area contributed by atoms with Crippen LogP contribution in [0.1, 0.15) is 132 Å². The van der Waals surface area contributed by atoms with Gasteiger partial charge < -0.3 is 10.6 Å². The van der Waals surface area contributed by atoms with Gasteiger partial charge in [0.15, 0.2) is 17.3 Å². The molecule has 5 aliphatic rings. The lowest BCUT2D eigenvalue weighted by Gasteiger charge is -2.14. The Labute approximate surface area is 386 Å². The summed E-state index contributed by atoms with van der Waals surface area (Å²) in [5, 5.41) is 5.46. The van der Waals surface area contributed by atoms with Gasteiger partial charge in [-0.3, -0.25) is 28.8 Å². The van der Waals surface area contributed by atoms with E-state index in [9.17, 15) is 28.8 Å². The smallest absolute Gasteiger partial charge is 0.218 e. The van der Waals surface area contributed by atoms with E-state index in [0.29, 0.717) is 31.5 Å². The van der Waals surface area contributed by atoms with Crippen LogP contribution in [0.25, 0.3) is 0 Å². The van der Waals surface area contributed by atoms with Crippen molar-refractivity contribution in [3.05, 3.63) is 135 Å². The number of amides is 2. The minimum Gasteiger partial charge on any atom is -0.346 e. The van der Waals surface area contributed by atoms with E-state index >= 15 is 0 Å². The maximum absolute atomic E-state index is 12.3. The molecular weight excluding hydrogens is 1020 g/mol. The number of aryl methyl sites for hydroxylation is 2. The van der Waals surface area contributed by atoms with E-state index in [1.165, 1.54) is 25.0 Å². The fraction of sp³-hybridized carbons (Fsp3) is 0.375. The number of benzene rings is 3. The topological polar surface area (TPSA) is 126 Å². The Kier molecular flexibility index (Phi) is 18.1. The average molecular weight is 1070 g/mol. The first-order chi connectivity index (χ1) is 28.7. The van der Waals surface area contributed by atoms with E-state index in [1.54, 1.807) is 0 Å². The highest BCUT2D eigenvalue weighted by molar-refractivity contribution is 9.12. The van der Waals surface area contributed by atoms with Crippen LogP contribution in [0.4, 0.5) is 0 Å². The highest BCUT2D eigenvalue weighted by atomic mass is 79.9. The number of fused-ring (bicyclic) bond motifs is 3. The van der Waals surface area contributed by atoms with Crippen molar-refractivity contribution in [3.8, 4) is 0 Å². The highest BCUT2D eigenvalue weighted by Gasteiger charge is 2.29. The molecule has 3 aromatic carbocycles. The van der Waals surface area contributed by atoms with Crippen LogP contribution in [0.5, 0.6) is 0 Å². The summed E-state index contributed by atoms with van der Waals surface area (Å²) in [7, 11) is 0. The molecule has 0 spiro atoms. The molecule has 8 rings (SSSR count). The molecule has 12 heteroatoms. The zero-order valence-electron chi connectivity index (χ0n) is 33.9. The summed E-state index contributed by atoms with van der Waals surface area (Å²) < 4.78 is 3.90. The Bertz CT molecular complexity index is 2210. The first kappa shape index (κ1) is 47.4.